The molecule has 1 atom stereocenters. The SMILES string of the molecule is CCCCCCCC/C=C\CCCCCCCCCC(=O)OC(COC(=O)CCCCCCCCCCC)COC(=O)CCCCCCCCCCCCCCCCCCCCCC. The van der Waals surface area contributed by atoms with Gasteiger partial charge in [0, 0.05) is 19.3 Å². The van der Waals surface area contributed by atoms with Crippen LogP contribution in [0.5, 0.6) is 0 Å². The molecule has 0 aliphatic heterocycles. The molecule has 6 heteroatoms. The van der Waals surface area contributed by atoms with Crippen LogP contribution in [-0.4, -0.2) is 37.2 Å². The summed E-state index contributed by atoms with van der Waals surface area (Å²) in [6.07, 6.45) is 60.7. The zero-order chi connectivity index (χ0) is 46.5. The third kappa shape index (κ3) is 51.1. The van der Waals surface area contributed by atoms with Crippen molar-refractivity contribution in [1.82, 2.24) is 0 Å². The fourth-order valence-electron chi connectivity index (χ4n) is 8.68. The molecule has 1 unspecified atom stereocenters. The van der Waals surface area contributed by atoms with Crippen LogP contribution < -0.4 is 0 Å². The van der Waals surface area contributed by atoms with E-state index in [-0.39, 0.29) is 31.1 Å². The molecule has 378 valence electrons. The van der Waals surface area contributed by atoms with Crippen molar-refractivity contribution in [3.05, 3.63) is 12.2 Å². The molecule has 0 radical (unpaired) electrons. The van der Waals surface area contributed by atoms with E-state index in [1.165, 1.54) is 225 Å². The summed E-state index contributed by atoms with van der Waals surface area (Å²) < 4.78 is 16.8. The highest BCUT2D eigenvalue weighted by Gasteiger charge is 2.19. The first-order chi connectivity index (χ1) is 31.5. The number of hydrogen-bond donors (Lipinski definition) is 0. The lowest BCUT2D eigenvalue weighted by molar-refractivity contribution is -0.167. The van der Waals surface area contributed by atoms with E-state index in [1.54, 1.807) is 0 Å². The molecule has 0 aliphatic rings. The van der Waals surface area contributed by atoms with Crippen molar-refractivity contribution in [2.75, 3.05) is 13.2 Å². The number of esters is 3. The van der Waals surface area contributed by atoms with Gasteiger partial charge in [0.1, 0.15) is 13.2 Å². The molecule has 0 fully saturated rings. The van der Waals surface area contributed by atoms with Crippen LogP contribution in [0.3, 0.4) is 0 Å². The molecule has 0 saturated carbocycles. The van der Waals surface area contributed by atoms with Crippen molar-refractivity contribution in [2.45, 2.75) is 329 Å². The van der Waals surface area contributed by atoms with E-state index in [0.29, 0.717) is 19.3 Å². The summed E-state index contributed by atoms with van der Waals surface area (Å²) >= 11 is 0. The number of hydrogen-bond acceptors (Lipinski definition) is 6. The predicted octanol–water partition coefficient (Wildman–Crippen LogP) is 18.9. The molecular weight excluding hydrogens is 793 g/mol. The highest BCUT2D eigenvalue weighted by atomic mass is 16.6. The molecule has 0 aliphatic carbocycles. The minimum atomic E-state index is -0.765. The average molecular weight is 904 g/mol. The molecule has 0 aromatic carbocycles. The molecule has 0 heterocycles. The Kier molecular flexibility index (Phi) is 52.2. The largest absolute Gasteiger partial charge is 0.462 e. The monoisotopic (exact) mass is 903 g/mol. The smallest absolute Gasteiger partial charge is 0.306 e. The summed E-state index contributed by atoms with van der Waals surface area (Å²) in [4.78, 5) is 38.0. The molecule has 0 spiro atoms. The maximum atomic E-state index is 12.8. The van der Waals surface area contributed by atoms with Gasteiger partial charge in [0.15, 0.2) is 6.10 Å². The molecule has 0 rings (SSSR count). The molecule has 64 heavy (non-hydrogen) atoms. The highest BCUT2D eigenvalue weighted by Crippen LogP contribution is 2.17. The van der Waals surface area contributed by atoms with E-state index in [0.717, 1.165) is 57.8 Å². The van der Waals surface area contributed by atoms with Crippen molar-refractivity contribution < 1.29 is 28.6 Å². The van der Waals surface area contributed by atoms with Crippen LogP contribution in [-0.2, 0) is 28.6 Å². The van der Waals surface area contributed by atoms with Crippen LogP contribution in [0.4, 0.5) is 0 Å². The van der Waals surface area contributed by atoms with Crippen molar-refractivity contribution in [3.63, 3.8) is 0 Å². The number of ether oxygens (including phenoxy) is 3. The Morgan fingerprint density at radius 1 is 0.297 bits per heavy atom. The second kappa shape index (κ2) is 53.8. The number of rotatable bonds is 53. The van der Waals surface area contributed by atoms with Gasteiger partial charge in [0.25, 0.3) is 0 Å². The van der Waals surface area contributed by atoms with Gasteiger partial charge in [0.2, 0.25) is 0 Å². The number of unbranched alkanes of at least 4 members (excludes halogenated alkanes) is 40. The number of allylic oxidation sites excluding steroid dienone is 2. The minimum Gasteiger partial charge on any atom is -0.462 e. The average Bonchev–Trinajstić information content (AvgIpc) is 3.29. The summed E-state index contributed by atoms with van der Waals surface area (Å²) in [7, 11) is 0. The van der Waals surface area contributed by atoms with Gasteiger partial charge in [0.05, 0.1) is 0 Å². The van der Waals surface area contributed by atoms with Crippen LogP contribution in [0, 0.1) is 0 Å². The van der Waals surface area contributed by atoms with Crippen molar-refractivity contribution in [3.8, 4) is 0 Å². The first-order valence-electron chi connectivity index (χ1n) is 28.7. The van der Waals surface area contributed by atoms with E-state index >= 15 is 0 Å². The minimum absolute atomic E-state index is 0.0662. The standard InChI is InChI=1S/C58H110O6/c1-4-7-10-13-16-19-21-23-25-27-28-29-31-32-34-36-39-42-45-48-51-57(60)63-54-55(53-62-56(59)50-47-44-41-38-18-15-12-9-6-3)64-58(61)52-49-46-43-40-37-35-33-30-26-24-22-20-17-14-11-8-5-2/h24,26,55H,4-23,25,27-54H2,1-3H3/b26-24-. The van der Waals surface area contributed by atoms with E-state index in [2.05, 4.69) is 32.9 Å². The topological polar surface area (TPSA) is 78.9 Å². The fourth-order valence-corrected chi connectivity index (χ4v) is 8.68. The second-order valence-corrected chi connectivity index (χ2v) is 19.6. The molecule has 0 aromatic heterocycles. The Hall–Kier alpha value is -1.85. The lowest BCUT2D eigenvalue weighted by atomic mass is 10.0. The van der Waals surface area contributed by atoms with Gasteiger partial charge >= 0.3 is 17.9 Å². The third-order valence-electron chi connectivity index (χ3n) is 13.0. The zero-order valence-corrected chi connectivity index (χ0v) is 43.3. The Morgan fingerprint density at radius 2 is 0.516 bits per heavy atom. The maximum absolute atomic E-state index is 12.8. The Labute approximate surface area is 399 Å². The molecular formula is C58H110O6. The van der Waals surface area contributed by atoms with Crippen molar-refractivity contribution >= 4 is 17.9 Å². The van der Waals surface area contributed by atoms with Crippen LogP contribution >= 0.6 is 0 Å². The van der Waals surface area contributed by atoms with Gasteiger partial charge in [-0.1, -0.05) is 270 Å². The molecule has 0 N–H and O–H groups in total. The number of carbonyl (C=O) groups is 3. The van der Waals surface area contributed by atoms with Gasteiger partial charge in [-0.25, -0.2) is 0 Å². The second-order valence-electron chi connectivity index (χ2n) is 19.6. The summed E-state index contributed by atoms with van der Waals surface area (Å²) in [6, 6.07) is 0. The number of carbonyl (C=O) groups excluding carboxylic acids is 3. The fraction of sp³-hybridized carbons (Fsp3) is 0.914. The van der Waals surface area contributed by atoms with Gasteiger partial charge in [-0.15, -0.1) is 0 Å². The van der Waals surface area contributed by atoms with Crippen LogP contribution in [0.15, 0.2) is 12.2 Å². The van der Waals surface area contributed by atoms with Gasteiger partial charge < -0.3 is 14.2 Å². The molecule has 0 saturated heterocycles. The Balaban J connectivity index is 4.21. The van der Waals surface area contributed by atoms with Crippen LogP contribution in [0.25, 0.3) is 0 Å². The maximum Gasteiger partial charge on any atom is 0.306 e. The van der Waals surface area contributed by atoms with E-state index in [1.807, 2.05) is 0 Å². The Bertz CT molecular complexity index is 993. The Morgan fingerprint density at radius 3 is 0.781 bits per heavy atom. The van der Waals surface area contributed by atoms with E-state index in [4.69, 9.17) is 14.2 Å². The molecule has 6 nitrogen and oxygen atoms in total. The summed E-state index contributed by atoms with van der Waals surface area (Å²) in [5, 5.41) is 0. The van der Waals surface area contributed by atoms with Crippen molar-refractivity contribution in [2.24, 2.45) is 0 Å². The first kappa shape index (κ1) is 62.1. The first-order valence-corrected chi connectivity index (χ1v) is 28.7. The summed E-state index contributed by atoms with van der Waals surface area (Å²) in [5.41, 5.74) is 0. The van der Waals surface area contributed by atoms with Crippen molar-refractivity contribution in [1.29, 1.82) is 0 Å². The molecule has 0 amide bonds. The van der Waals surface area contributed by atoms with Crippen LogP contribution in [0.1, 0.15) is 323 Å². The molecule has 0 bridgehead atoms. The normalized spacial score (nSPS) is 12.0. The predicted molar refractivity (Wildman–Crippen MR) is 275 cm³/mol. The van der Waals surface area contributed by atoms with Gasteiger partial charge in [-0.3, -0.25) is 14.4 Å². The highest BCUT2D eigenvalue weighted by molar-refractivity contribution is 5.71. The summed E-state index contributed by atoms with van der Waals surface area (Å²) in [6.45, 7) is 6.67. The zero-order valence-electron chi connectivity index (χ0n) is 43.3. The lowest BCUT2D eigenvalue weighted by Crippen LogP contribution is -2.30. The van der Waals surface area contributed by atoms with Crippen LogP contribution in [0.2, 0.25) is 0 Å². The van der Waals surface area contributed by atoms with Gasteiger partial charge in [-0.2, -0.15) is 0 Å². The van der Waals surface area contributed by atoms with E-state index < -0.39 is 6.10 Å². The summed E-state index contributed by atoms with van der Waals surface area (Å²) in [5.74, 6) is -0.851. The molecule has 0 aromatic rings. The van der Waals surface area contributed by atoms with E-state index in [9.17, 15) is 14.4 Å². The third-order valence-corrected chi connectivity index (χ3v) is 13.0. The quantitative estimate of drug-likeness (QED) is 0.0262. The van der Waals surface area contributed by atoms with Gasteiger partial charge in [-0.05, 0) is 44.9 Å². The lowest BCUT2D eigenvalue weighted by Gasteiger charge is -2.18.